The fourth-order valence-corrected chi connectivity index (χ4v) is 3.28. The maximum Gasteiger partial charge on any atom is 0.293 e. The van der Waals surface area contributed by atoms with E-state index >= 15 is 0 Å². The number of nitrogens with zero attached hydrogens (tertiary/aromatic N) is 1. The quantitative estimate of drug-likeness (QED) is 0.519. The number of hydrogen-bond acceptors (Lipinski definition) is 3. The zero-order valence-corrected chi connectivity index (χ0v) is 11.8. The Hall–Kier alpha value is -2.17. The number of nitro benzene ring substituents is 1. The van der Waals surface area contributed by atoms with Crippen molar-refractivity contribution in [2.75, 3.05) is 0 Å². The summed E-state index contributed by atoms with van der Waals surface area (Å²) in [5, 5.41) is 11.7. The fraction of sp³-hybridized carbons (Fsp3) is 0.438. The van der Waals surface area contributed by atoms with E-state index in [9.17, 15) is 14.9 Å². The maximum atomic E-state index is 12.5. The van der Waals surface area contributed by atoms with E-state index in [-0.39, 0.29) is 11.5 Å². The molecule has 0 unspecified atom stereocenters. The van der Waals surface area contributed by atoms with Crippen molar-refractivity contribution in [1.29, 1.82) is 0 Å². The van der Waals surface area contributed by atoms with Crippen LogP contribution in [0.4, 0.5) is 5.69 Å². The monoisotopic (exact) mass is 286 g/mol. The number of para-hydroxylation sites is 1. The highest BCUT2D eigenvalue weighted by Gasteiger charge is 2.22. The lowest BCUT2D eigenvalue weighted by Crippen LogP contribution is -2.12. The van der Waals surface area contributed by atoms with Crippen molar-refractivity contribution >= 4 is 22.4 Å². The van der Waals surface area contributed by atoms with Crippen molar-refractivity contribution in [1.82, 2.24) is 4.98 Å². The van der Waals surface area contributed by atoms with E-state index in [1.54, 1.807) is 18.3 Å². The van der Waals surface area contributed by atoms with Gasteiger partial charge in [-0.25, -0.2) is 0 Å². The predicted octanol–water partition coefficient (Wildman–Crippen LogP) is 4.23. The molecule has 0 saturated heterocycles. The Labute approximate surface area is 122 Å². The van der Waals surface area contributed by atoms with E-state index in [0.29, 0.717) is 28.8 Å². The normalized spacial score (nSPS) is 16.2. The third-order valence-corrected chi connectivity index (χ3v) is 4.39. The van der Waals surface area contributed by atoms with Crippen molar-refractivity contribution in [3.8, 4) is 0 Å². The van der Waals surface area contributed by atoms with Crippen LogP contribution in [-0.4, -0.2) is 15.7 Å². The van der Waals surface area contributed by atoms with Gasteiger partial charge in [-0.3, -0.25) is 14.9 Å². The molecule has 1 aromatic heterocycles. The Morgan fingerprint density at radius 3 is 2.76 bits per heavy atom. The number of H-pyrrole nitrogens is 1. The van der Waals surface area contributed by atoms with Gasteiger partial charge in [0.2, 0.25) is 0 Å². The number of carbonyl (C=O) groups is 1. The highest BCUT2D eigenvalue weighted by molar-refractivity contribution is 6.09. The van der Waals surface area contributed by atoms with Gasteiger partial charge in [0.25, 0.3) is 5.69 Å². The third-order valence-electron chi connectivity index (χ3n) is 4.39. The Morgan fingerprint density at radius 2 is 2.05 bits per heavy atom. The summed E-state index contributed by atoms with van der Waals surface area (Å²) in [6, 6.07) is 4.85. The molecule has 0 aliphatic heterocycles. The first-order valence-corrected chi connectivity index (χ1v) is 7.44. The summed E-state index contributed by atoms with van der Waals surface area (Å²) in [6.07, 6.45) is 8.08. The van der Waals surface area contributed by atoms with Gasteiger partial charge in [0.15, 0.2) is 5.78 Å². The molecule has 1 saturated carbocycles. The second-order valence-electron chi connectivity index (χ2n) is 5.79. The van der Waals surface area contributed by atoms with Gasteiger partial charge < -0.3 is 4.98 Å². The molecule has 0 spiro atoms. The molecule has 0 radical (unpaired) electrons. The Balaban J connectivity index is 1.88. The van der Waals surface area contributed by atoms with Crippen LogP contribution in [-0.2, 0) is 0 Å². The number of nitrogens with one attached hydrogen (secondary N) is 1. The van der Waals surface area contributed by atoms with Crippen LogP contribution in [0, 0.1) is 16.0 Å². The number of benzene rings is 1. The molecule has 1 N–H and O–H groups in total. The van der Waals surface area contributed by atoms with Crippen molar-refractivity contribution in [2.45, 2.75) is 38.5 Å². The van der Waals surface area contributed by atoms with Gasteiger partial charge in [-0.1, -0.05) is 44.2 Å². The van der Waals surface area contributed by atoms with Gasteiger partial charge in [-0.05, 0) is 5.92 Å². The smallest absolute Gasteiger partial charge is 0.293 e. The van der Waals surface area contributed by atoms with Crippen molar-refractivity contribution < 1.29 is 9.72 Å². The van der Waals surface area contributed by atoms with E-state index < -0.39 is 4.92 Å². The molecule has 3 rings (SSSR count). The van der Waals surface area contributed by atoms with Crippen molar-refractivity contribution in [2.24, 2.45) is 5.92 Å². The van der Waals surface area contributed by atoms with Crippen LogP contribution in [0.25, 0.3) is 10.9 Å². The Bertz CT molecular complexity index is 684. The molecular weight excluding hydrogens is 268 g/mol. The van der Waals surface area contributed by atoms with Gasteiger partial charge >= 0.3 is 0 Å². The first-order chi connectivity index (χ1) is 10.2. The molecule has 2 aromatic rings. The number of ketones is 1. The molecule has 1 aromatic carbocycles. The summed E-state index contributed by atoms with van der Waals surface area (Å²) in [5.41, 5.74) is 1.04. The largest absolute Gasteiger partial charge is 0.355 e. The minimum absolute atomic E-state index is 0.0178. The lowest BCUT2D eigenvalue weighted by molar-refractivity contribution is -0.383. The maximum absolute atomic E-state index is 12.5. The molecule has 0 amide bonds. The van der Waals surface area contributed by atoms with Crippen LogP contribution in [0.2, 0.25) is 0 Å². The average molecular weight is 286 g/mol. The lowest BCUT2D eigenvalue weighted by atomic mass is 9.85. The standard InChI is InChI=1S/C16H18N2O3/c19-15(9-11-5-2-1-3-6-11)13-10-17-16-12(13)7-4-8-14(16)18(20)21/h4,7-8,10-11,17H,1-3,5-6,9H2. The summed E-state index contributed by atoms with van der Waals surface area (Å²) in [4.78, 5) is 26.0. The first kappa shape index (κ1) is 13.8. The molecular formula is C16H18N2O3. The van der Waals surface area contributed by atoms with Crippen LogP contribution in [0.1, 0.15) is 48.9 Å². The van der Waals surface area contributed by atoms with Gasteiger partial charge in [0, 0.05) is 29.6 Å². The number of non-ortho nitro benzene ring substituents is 1. The molecule has 21 heavy (non-hydrogen) atoms. The molecule has 110 valence electrons. The highest BCUT2D eigenvalue weighted by atomic mass is 16.6. The summed E-state index contributed by atoms with van der Waals surface area (Å²) in [7, 11) is 0. The fourth-order valence-electron chi connectivity index (χ4n) is 3.28. The van der Waals surface area contributed by atoms with E-state index in [0.717, 1.165) is 12.8 Å². The van der Waals surface area contributed by atoms with Crippen molar-refractivity contribution in [3.63, 3.8) is 0 Å². The number of Topliss-reactive ketones (excluding diaryl/α,β-unsaturated/α-hetero) is 1. The molecule has 1 heterocycles. The Morgan fingerprint density at radius 1 is 1.29 bits per heavy atom. The number of nitro groups is 1. The summed E-state index contributed by atoms with van der Waals surface area (Å²) < 4.78 is 0. The van der Waals surface area contributed by atoms with Gasteiger partial charge in [0.05, 0.1) is 4.92 Å². The molecule has 1 aliphatic rings. The van der Waals surface area contributed by atoms with E-state index in [4.69, 9.17) is 0 Å². The summed E-state index contributed by atoms with van der Waals surface area (Å²) in [6.45, 7) is 0. The number of fused-ring (bicyclic) bond motifs is 1. The Kier molecular flexibility index (Phi) is 3.73. The molecule has 5 heteroatoms. The summed E-state index contributed by atoms with van der Waals surface area (Å²) >= 11 is 0. The molecule has 0 atom stereocenters. The van der Waals surface area contributed by atoms with Gasteiger partial charge in [-0.2, -0.15) is 0 Å². The zero-order valence-electron chi connectivity index (χ0n) is 11.8. The second-order valence-corrected chi connectivity index (χ2v) is 5.79. The van der Waals surface area contributed by atoms with Crippen LogP contribution in [0.15, 0.2) is 24.4 Å². The van der Waals surface area contributed by atoms with E-state index in [1.165, 1.54) is 25.3 Å². The van der Waals surface area contributed by atoms with Crippen molar-refractivity contribution in [3.05, 3.63) is 40.1 Å². The highest BCUT2D eigenvalue weighted by Crippen LogP contribution is 2.31. The van der Waals surface area contributed by atoms with Crippen LogP contribution in [0.5, 0.6) is 0 Å². The van der Waals surface area contributed by atoms with Crippen LogP contribution >= 0.6 is 0 Å². The second kappa shape index (κ2) is 5.68. The SMILES string of the molecule is O=C(CC1CCCCC1)c1c[nH]c2c([N+](=O)[O-])cccc12. The number of aromatic amines is 1. The van der Waals surface area contributed by atoms with Gasteiger partial charge in [-0.15, -0.1) is 0 Å². The average Bonchev–Trinajstić information content (AvgIpc) is 2.92. The van der Waals surface area contributed by atoms with Crippen LogP contribution in [0.3, 0.4) is 0 Å². The molecule has 1 fully saturated rings. The molecule has 0 bridgehead atoms. The van der Waals surface area contributed by atoms with Gasteiger partial charge in [0.1, 0.15) is 5.52 Å². The molecule has 5 nitrogen and oxygen atoms in total. The zero-order chi connectivity index (χ0) is 14.8. The lowest BCUT2D eigenvalue weighted by Gasteiger charge is -2.20. The van der Waals surface area contributed by atoms with E-state index in [2.05, 4.69) is 4.98 Å². The number of hydrogen-bond donors (Lipinski definition) is 1. The minimum Gasteiger partial charge on any atom is -0.355 e. The topological polar surface area (TPSA) is 76.0 Å². The molecule has 1 aliphatic carbocycles. The number of rotatable bonds is 4. The van der Waals surface area contributed by atoms with Crippen LogP contribution < -0.4 is 0 Å². The third kappa shape index (κ3) is 2.68. The van der Waals surface area contributed by atoms with E-state index in [1.807, 2.05) is 0 Å². The number of carbonyl (C=O) groups excluding carboxylic acids is 1. The predicted molar refractivity (Wildman–Crippen MR) is 80.5 cm³/mol. The first-order valence-electron chi connectivity index (χ1n) is 7.44. The summed E-state index contributed by atoms with van der Waals surface area (Å²) in [5.74, 6) is 0.559. The number of aromatic nitrogens is 1. The minimum atomic E-state index is -0.422.